The lowest BCUT2D eigenvalue weighted by Gasteiger charge is -2.09. The van der Waals surface area contributed by atoms with Crippen molar-refractivity contribution in [3.8, 4) is 6.01 Å². The highest BCUT2D eigenvalue weighted by Crippen LogP contribution is 2.17. The molecule has 0 saturated carbocycles. The summed E-state index contributed by atoms with van der Waals surface area (Å²) in [5.74, 6) is 0.418. The van der Waals surface area contributed by atoms with Crippen LogP contribution in [0, 0.1) is 6.92 Å². The molecule has 1 N–H and O–H groups in total. The average molecular weight is 299 g/mol. The molecule has 2 rings (SSSR count). The standard InChI is InChI=1S/C12H15ClN4OS/c1-7(2)18-12-16-10(13)15-11(17-12)14-6-9-5-4-8(3)19-9/h4-5,7H,6H2,1-3H3,(H,14,15,16,17). The quantitative estimate of drug-likeness (QED) is 0.918. The second kappa shape index (κ2) is 6.16. The number of thiophene rings is 1. The summed E-state index contributed by atoms with van der Waals surface area (Å²) < 4.78 is 5.41. The first-order valence-electron chi connectivity index (χ1n) is 5.90. The molecule has 2 heterocycles. The molecule has 0 unspecified atom stereocenters. The summed E-state index contributed by atoms with van der Waals surface area (Å²) in [5.41, 5.74) is 0. The summed E-state index contributed by atoms with van der Waals surface area (Å²) >= 11 is 7.57. The third kappa shape index (κ3) is 4.33. The third-order valence-corrected chi connectivity index (χ3v) is 3.32. The van der Waals surface area contributed by atoms with E-state index >= 15 is 0 Å². The Kier molecular flexibility index (Phi) is 4.55. The number of halogens is 1. The van der Waals surface area contributed by atoms with Crippen molar-refractivity contribution in [2.75, 3.05) is 5.32 Å². The Morgan fingerprint density at radius 3 is 2.74 bits per heavy atom. The van der Waals surface area contributed by atoms with Crippen LogP contribution in [0.15, 0.2) is 12.1 Å². The molecule has 2 aromatic rings. The van der Waals surface area contributed by atoms with Crippen molar-refractivity contribution in [1.82, 2.24) is 15.0 Å². The van der Waals surface area contributed by atoms with Crippen LogP contribution in [0.1, 0.15) is 23.6 Å². The van der Waals surface area contributed by atoms with Crippen LogP contribution < -0.4 is 10.1 Å². The minimum atomic E-state index is -0.00809. The van der Waals surface area contributed by atoms with Crippen molar-refractivity contribution < 1.29 is 4.74 Å². The first-order valence-corrected chi connectivity index (χ1v) is 7.10. The van der Waals surface area contributed by atoms with Crippen molar-refractivity contribution in [3.05, 3.63) is 27.2 Å². The van der Waals surface area contributed by atoms with Gasteiger partial charge in [-0.05, 0) is 44.5 Å². The predicted octanol–water partition coefficient (Wildman–Crippen LogP) is 3.29. The monoisotopic (exact) mass is 298 g/mol. The van der Waals surface area contributed by atoms with Gasteiger partial charge in [0.1, 0.15) is 0 Å². The van der Waals surface area contributed by atoms with E-state index in [0.29, 0.717) is 12.5 Å². The van der Waals surface area contributed by atoms with Crippen molar-refractivity contribution in [2.45, 2.75) is 33.4 Å². The van der Waals surface area contributed by atoms with E-state index in [9.17, 15) is 0 Å². The minimum Gasteiger partial charge on any atom is -0.461 e. The fourth-order valence-electron chi connectivity index (χ4n) is 1.42. The first kappa shape index (κ1) is 14.0. The Hall–Kier alpha value is -1.40. The number of nitrogens with zero attached hydrogens (tertiary/aromatic N) is 3. The van der Waals surface area contributed by atoms with Crippen LogP contribution in [0.2, 0.25) is 5.28 Å². The van der Waals surface area contributed by atoms with Gasteiger partial charge in [0.15, 0.2) is 0 Å². The molecule has 0 amide bonds. The molecular formula is C12H15ClN4OS. The van der Waals surface area contributed by atoms with Crippen LogP contribution in [0.5, 0.6) is 6.01 Å². The summed E-state index contributed by atoms with van der Waals surface area (Å²) in [6, 6.07) is 4.39. The second-order valence-electron chi connectivity index (χ2n) is 4.24. The van der Waals surface area contributed by atoms with Crippen LogP contribution in [0.3, 0.4) is 0 Å². The van der Waals surface area contributed by atoms with Gasteiger partial charge in [-0.2, -0.15) is 15.0 Å². The van der Waals surface area contributed by atoms with E-state index in [-0.39, 0.29) is 17.4 Å². The molecule has 0 aliphatic rings. The maximum atomic E-state index is 5.84. The molecule has 0 atom stereocenters. The highest BCUT2D eigenvalue weighted by molar-refractivity contribution is 7.11. The summed E-state index contributed by atoms with van der Waals surface area (Å²) in [7, 11) is 0. The number of rotatable bonds is 5. The normalized spacial score (nSPS) is 10.8. The average Bonchev–Trinajstić information content (AvgIpc) is 2.71. The highest BCUT2D eigenvalue weighted by atomic mass is 35.5. The zero-order chi connectivity index (χ0) is 13.8. The minimum absolute atomic E-state index is 0.00809. The van der Waals surface area contributed by atoms with Gasteiger partial charge in [0.25, 0.3) is 0 Å². The fraction of sp³-hybridized carbons (Fsp3) is 0.417. The van der Waals surface area contributed by atoms with E-state index in [1.807, 2.05) is 13.8 Å². The Balaban J connectivity index is 2.05. The van der Waals surface area contributed by atoms with Crippen molar-refractivity contribution in [3.63, 3.8) is 0 Å². The number of aryl methyl sites for hydroxylation is 1. The van der Waals surface area contributed by atoms with Crippen LogP contribution in [0.4, 0.5) is 5.95 Å². The Labute approximate surface area is 121 Å². The molecule has 0 radical (unpaired) electrons. The van der Waals surface area contributed by atoms with Gasteiger partial charge in [-0.15, -0.1) is 11.3 Å². The molecule has 0 aliphatic carbocycles. The van der Waals surface area contributed by atoms with Gasteiger partial charge in [-0.1, -0.05) is 0 Å². The lowest BCUT2D eigenvalue weighted by molar-refractivity contribution is 0.222. The number of ether oxygens (including phenoxy) is 1. The summed E-state index contributed by atoms with van der Waals surface area (Å²) in [6.45, 7) is 6.53. The van der Waals surface area contributed by atoms with Gasteiger partial charge in [0.2, 0.25) is 11.2 Å². The number of hydrogen-bond acceptors (Lipinski definition) is 6. The van der Waals surface area contributed by atoms with Crippen molar-refractivity contribution in [1.29, 1.82) is 0 Å². The van der Waals surface area contributed by atoms with E-state index in [1.54, 1.807) is 11.3 Å². The van der Waals surface area contributed by atoms with E-state index in [1.165, 1.54) is 9.75 Å². The van der Waals surface area contributed by atoms with Crippen molar-refractivity contribution >= 4 is 28.9 Å². The van der Waals surface area contributed by atoms with E-state index in [0.717, 1.165) is 0 Å². The van der Waals surface area contributed by atoms with Gasteiger partial charge >= 0.3 is 6.01 Å². The molecule has 0 aliphatic heterocycles. The molecule has 0 fully saturated rings. The van der Waals surface area contributed by atoms with Gasteiger partial charge in [0, 0.05) is 9.75 Å². The van der Waals surface area contributed by atoms with E-state index in [2.05, 4.69) is 39.3 Å². The smallest absolute Gasteiger partial charge is 0.322 e. The van der Waals surface area contributed by atoms with Gasteiger partial charge in [-0.3, -0.25) is 0 Å². The van der Waals surface area contributed by atoms with Gasteiger partial charge < -0.3 is 10.1 Å². The lowest BCUT2D eigenvalue weighted by atomic mass is 10.4. The van der Waals surface area contributed by atoms with Crippen LogP contribution in [-0.4, -0.2) is 21.1 Å². The van der Waals surface area contributed by atoms with Gasteiger partial charge in [0.05, 0.1) is 12.6 Å². The zero-order valence-corrected chi connectivity index (χ0v) is 12.5. The van der Waals surface area contributed by atoms with Crippen LogP contribution >= 0.6 is 22.9 Å². The number of hydrogen-bond donors (Lipinski definition) is 1. The summed E-state index contributed by atoms with van der Waals surface area (Å²) in [5, 5.41) is 3.23. The molecule has 7 heteroatoms. The topological polar surface area (TPSA) is 59.9 Å². The molecular weight excluding hydrogens is 284 g/mol. The third-order valence-electron chi connectivity index (χ3n) is 2.15. The molecule has 0 aromatic carbocycles. The van der Waals surface area contributed by atoms with E-state index in [4.69, 9.17) is 16.3 Å². The SMILES string of the molecule is Cc1ccc(CNc2nc(Cl)nc(OC(C)C)n2)s1. The first-order chi connectivity index (χ1) is 9.02. The Morgan fingerprint density at radius 2 is 2.11 bits per heavy atom. The van der Waals surface area contributed by atoms with Gasteiger partial charge in [-0.25, -0.2) is 0 Å². The molecule has 0 spiro atoms. The summed E-state index contributed by atoms with van der Waals surface area (Å²) in [4.78, 5) is 14.6. The zero-order valence-electron chi connectivity index (χ0n) is 11.0. The second-order valence-corrected chi connectivity index (χ2v) is 5.95. The predicted molar refractivity (Wildman–Crippen MR) is 77.0 cm³/mol. The Bertz CT molecular complexity index is 558. The lowest BCUT2D eigenvalue weighted by Crippen LogP contribution is -2.11. The number of aromatic nitrogens is 3. The largest absolute Gasteiger partial charge is 0.461 e. The molecule has 0 bridgehead atoms. The highest BCUT2D eigenvalue weighted by Gasteiger charge is 2.08. The maximum absolute atomic E-state index is 5.84. The maximum Gasteiger partial charge on any atom is 0.322 e. The molecule has 2 aromatic heterocycles. The molecule has 0 saturated heterocycles. The Morgan fingerprint density at radius 1 is 1.32 bits per heavy atom. The fourth-order valence-corrected chi connectivity index (χ4v) is 2.40. The summed E-state index contributed by atoms with van der Waals surface area (Å²) in [6.07, 6.45) is -0.00809. The number of nitrogens with one attached hydrogen (secondary N) is 1. The van der Waals surface area contributed by atoms with E-state index < -0.39 is 0 Å². The molecule has 19 heavy (non-hydrogen) atoms. The number of anilines is 1. The van der Waals surface area contributed by atoms with Crippen LogP contribution in [0.25, 0.3) is 0 Å². The van der Waals surface area contributed by atoms with Crippen molar-refractivity contribution in [2.24, 2.45) is 0 Å². The molecule has 5 nitrogen and oxygen atoms in total. The molecule has 102 valence electrons. The van der Waals surface area contributed by atoms with Crippen LogP contribution in [-0.2, 0) is 6.54 Å².